The van der Waals surface area contributed by atoms with E-state index < -0.39 is 0 Å². The summed E-state index contributed by atoms with van der Waals surface area (Å²) >= 11 is 0. The molecule has 6 nitrogen and oxygen atoms in total. The number of carbonyl (C=O) groups excluding carboxylic acids is 1. The van der Waals surface area contributed by atoms with Gasteiger partial charge in [0.2, 0.25) is 0 Å². The minimum absolute atomic E-state index is 0. The Bertz CT molecular complexity index is 244. The van der Waals surface area contributed by atoms with Gasteiger partial charge in [-0.2, -0.15) is 5.10 Å². The van der Waals surface area contributed by atoms with Gasteiger partial charge in [-0.25, -0.2) is 5.84 Å². The number of H-pyrrole nitrogens is 1. The number of nitrogens with one attached hydrogen (secondary N) is 2. The Morgan fingerprint density at radius 1 is 1.82 bits per heavy atom. The second kappa shape index (κ2) is 3.69. The molecule has 0 aliphatic carbocycles. The number of hydrogen-bond donors (Lipinski definition) is 3. The molecule has 62 valence electrons. The monoisotopic (exact) mass is 158 g/mol. The lowest BCUT2D eigenvalue weighted by atomic mass is 10.3. The summed E-state index contributed by atoms with van der Waals surface area (Å²) in [7, 11) is 0. The normalized spacial score (nSPS) is 8.55. The molecule has 1 amide bonds. The quantitative estimate of drug-likeness (QED) is 0.262. The van der Waals surface area contributed by atoms with Crippen LogP contribution in [0, 0.1) is 6.92 Å². The summed E-state index contributed by atoms with van der Waals surface area (Å²) in [5.74, 6) is 4.53. The zero-order valence-electron chi connectivity index (χ0n) is 6.01. The minimum Gasteiger partial charge on any atom is -0.412 e. The van der Waals surface area contributed by atoms with Crippen molar-refractivity contribution >= 4 is 5.91 Å². The standard InChI is InChI=1S/C5H8N4O.H2O/c1-3-2-7-9-4(3)5(10)8-6;/h2H,6H2,1H3,(H,7,9)(H,8,10);1H2. The van der Waals surface area contributed by atoms with Crippen molar-refractivity contribution in [1.82, 2.24) is 15.6 Å². The number of carbonyl (C=O) groups is 1. The highest BCUT2D eigenvalue weighted by atomic mass is 16.2. The molecule has 1 heterocycles. The highest BCUT2D eigenvalue weighted by molar-refractivity contribution is 5.92. The number of hydrogen-bond acceptors (Lipinski definition) is 3. The number of nitrogens with zero attached hydrogens (tertiary/aromatic N) is 1. The van der Waals surface area contributed by atoms with E-state index in [0.717, 1.165) is 5.56 Å². The van der Waals surface area contributed by atoms with E-state index in [1.54, 1.807) is 13.1 Å². The Hall–Kier alpha value is -1.40. The van der Waals surface area contributed by atoms with Crippen molar-refractivity contribution in [3.05, 3.63) is 17.5 Å². The molecule has 0 radical (unpaired) electrons. The topological polar surface area (TPSA) is 115 Å². The fourth-order valence-electron chi connectivity index (χ4n) is 0.648. The Labute approximate surface area is 63.1 Å². The fourth-order valence-corrected chi connectivity index (χ4v) is 0.648. The average Bonchev–Trinajstić information content (AvgIpc) is 2.34. The van der Waals surface area contributed by atoms with Gasteiger partial charge >= 0.3 is 0 Å². The van der Waals surface area contributed by atoms with Gasteiger partial charge in [0.25, 0.3) is 5.91 Å². The second-order valence-electron chi connectivity index (χ2n) is 1.90. The Morgan fingerprint density at radius 2 is 2.45 bits per heavy atom. The zero-order valence-corrected chi connectivity index (χ0v) is 6.01. The first-order valence-corrected chi connectivity index (χ1v) is 2.76. The van der Waals surface area contributed by atoms with E-state index in [1.807, 2.05) is 5.43 Å². The Morgan fingerprint density at radius 3 is 2.82 bits per heavy atom. The third kappa shape index (κ3) is 1.76. The van der Waals surface area contributed by atoms with E-state index in [1.165, 1.54) is 0 Å². The summed E-state index contributed by atoms with van der Waals surface area (Å²) in [6.45, 7) is 1.77. The molecule has 0 saturated carbocycles. The predicted octanol–water partition coefficient (Wildman–Crippen LogP) is -1.50. The van der Waals surface area contributed by atoms with E-state index in [2.05, 4.69) is 10.2 Å². The van der Waals surface area contributed by atoms with E-state index in [4.69, 9.17) is 5.84 Å². The van der Waals surface area contributed by atoms with Crippen molar-refractivity contribution in [2.45, 2.75) is 6.92 Å². The summed E-state index contributed by atoms with van der Waals surface area (Å²) in [6.07, 6.45) is 1.56. The number of nitrogens with two attached hydrogens (primary N) is 1. The van der Waals surface area contributed by atoms with E-state index in [9.17, 15) is 4.79 Å². The molecule has 0 aliphatic heterocycles. The third-order valence-electron chi connectivity index (χ3n) is 1.19. The van der Waals surface area contributed by atoms with Crippen molar-refractivity contribution in [3.8, 4) is 0 Å². The smallest absolute Gasteiger partial charge is 0.283 e. The van der Waals surface area contributed by atoms with Crippen LogP contribution >= 0.6 is 0 Å². The van der Waals surface area contributed by atoms with Crippen LogP contribution < -0.4 is 11.3 Å². The minimum atomic E-state index is -0.352. The lowest BCUT2D eigenvalue weighted by Crippen LogP contribution is -2.30. The summed E-state index contributed by atoms with van der Waals surface area (Å²) < 4.78 is 0. The molecule has 0 unspecified atom stereocenters. The number of aromatic amines is 1. The molecule has 1 aromatic heterocycles. The van der Waals surface area contributed by atoms with Crippen LogP contribution in [0.25, 0.3) is 0 Å². The van der Waals surface area contributed by atoms with Crippen LogP contribution in [0.15, 0.2) is 6.20 Å². The van der Waals surface area contributed by atoms with Crippen LogP contribution in [0.1, 0.15) is 16.1 Å². The Kier molecular flexibility index (Phi) is 3.22. The number of aryl methyl sites for hydroxylation is 1. The lowest BCUT2D eigenvalue weighted by molar-refractivity contribution is 0.0948. The van der Waals surface area contributed by atoms with Crippen molar-refractivity contribution in [1.29, 1.82) is 0 Å². The molecule has 6 heteroatoms. The molecule has 0 spiro atoms. The number of hydrazine groups is 1. The first kappa shape index (κ1) is 9.60. The van der Waals surface area contributed by atoms with E-state index in [-0.39, 0.29) is 11.4 Å². The molecule has 1 rings (SSSR count). The molecular weight excluding hydrogens is 148 g/mol. The molecule has 0 saturated heterocycles. The Balaban J connectivity index is 0.000001000. The maximum absolute atomic E-state index is 10.8. The first-order chi connectivity index (χ1) is 4.75. The zero-order chi connectivity index (χ0) is 7.56. The molecule has 0 aromatic carbocycles. The van der Waals surface area contributed by atoms with Gasteiger partial charge < -0.3 is 5.48 Å². The predicted molar refractivity (Wildman–Crippen MR) is 38.6 cm³/mol. The van der Waals surface area contributed by atoms with E-state index >= 15 is 0 Å². The maximum atomic E-state index is 10.8. The van der Waals surface area contributed by atoms with Crippen LogP contribution in [0.2, 0.25) is 0 Å². The maximum Gasteiger partial charge on any atom is 0.283 e. The fraction of sp³-hybridized carbons (Fsp3) is 0.200. The van der Waals surface area contributed by atoms with Crippen molar-refractivity contribution in [3.63, 3.8) is 0 Å². The number of rotatable bonds is 1. The van der Waals surface area contributed by atoms with Crippen molar-refractivity contribution < 1.29 is 10.3 Å². The van der Waals surface area contributed by atoms with Gasteiger partial charge in [-0.3, -0.25) is 15.3 Å². The van der Waals surface area contributed by atoms with Gasteiger partial charge in [0.15, 0.2) is 0 Å². The van der Waals surface area contributed by atoms with Gasteiger partial charge in [-0.15, -0.1) is 0 Å². The SMILES string of the molecule is Cc1cn[nH]c1C(=O)NN.O. The molecule has 11 heavy (non-hydrogen) atoms. The lowest BCUT2D eigenvalue weighted by Gasteiger charge is -1.94. The van der Waals surface area contributed by atoms with Gasteiger partial charge in [0.1, 0.15) is 5.69 Å². The largest absolute Gasteiger partial charge is 0.412 e. The summed E-state index contributed by atoms with van der Waals surface area (Å²) in [5.41, 5.74) is 3.18. The first-order valence-electron chi connectivity index (χ1n) is 2.76. The average molecular weight is 158 g/mol. The molecule has 6 N–H and O–H groups in total. The molecule has 0 bridgehead atoms. The summed E-state index contributed by atoms with van der Waals surface area (Å²) in [4.78, 5) is 10.8. The number of nitrogen functional groups attached to an aromatic ring is 1. The van der Waals surface area contributed by atoms with Crippen LogP contribution in [0.4, 0.5) is 0 Å². The summed E-state index contributed by atoms with van der Waals surface area (Å²) in [5, 5.41) is 6.16. The highest BCUT2D eigenvalue weighted by Crippen LogP contribution is 1.99. The molecule has 1 aromatic rings. The molecular formula is C5H10N4O2. The third-order valence-corrected chi connectivity index (χ3v) is 1.19. The molecule has 0 fully saturated rings. The number of amides is 1. The van der Waals surface area contributed by atoms with Crippen molar-refractivity contribution in [2.75, 3.05) is 0 Å². The van der Waals surface area contributed by atoms with Gasteiger partial charge in [0, 0.05) is 0 Å². The highest BCUT2D eigenvalue weighted by Gasteiger charge is 2.07. The molecule has 0 atom stereocenters. The van der Waals surface area contributed by atoms with Crippen LogP contribution in [-0.2, 0) is 0 Å². The summed E-state index contributed by atoms with van der Waals surface area (Å²) in [6, 6.07) is 0. The van der Waals surface area contributed by atoms with Gasteiger partial charge in [0.05, 0.1) is 6.20 Å². The number of aromatic nitrogens is 2. The van der Waals surface area contributed by atoms with Crippen LogP contribution in [-0.4, -0.2) is 21.6 Å². The van der Waals surface area contributed by atoms with Crippen LogP contribution in [0.5, 0.6) is 0 Å². The molecule has 0 aliphatic rings. The van der Waals surface area contributed by atoms with E-state index in [0.29, 0.717) is 5.69 Å². The van der Waals surface area contributed by atoms with Crippen LogP contribution in [0.3, 0.4) is 0 Å². The second-order valence-corrected chi connectivity index (χ2v) is 1.90. The van der Waals surface area contributed by atoms with Gasteiger partial charge in [-0.05, 0) is 12.5 Å². The van der Waals surface area contributed by atoms with Gasteiger partial charge in [-0.1, -0.05) is 0 Å². The van der Waals surface area contributed by atoms with Crippen molar-refractivity contribution in [2.24, 2.45) is 5.84 Å².